The fourth-order valence-corrected chi connectivity index (χ4v) is 3.04. The maximum absolute atomic E-state index is 12.6. The molecule has 0 saturated carbocycles. The van der Waals surface area contributed by atoms with Gasteiger partial charge < -0.3 is 10.2 Å². The van der Waals surface area contributed by atoms with Gasteiger partial charge in [0, 0.05) is 18.5 Å². The molecule has 3 nitrogen and oxygen atoms in total. The van der Waals surface area contributed by atoms with Gasteiger partial charge >= 0.3 is 0 Å². The van der Waals surface area contributed by atoms with E-state index in [9.17, 15) is 4.79 Å². The third kappa shape index (κ3) is 3.01. The van der Waals surface area contributed by atoms with Crippen LogP contribution in [-0.4, -0.2) is 37.0 Å². The Hall–Kier alpha value is -0.570. The standard InChI is InChI=1S/C14H26N2O/c1-12-4-3-10-16(11-5-12)13(17)14(2)6-8-15-9-7-14/h12,15H,3-11H2,1-2H3. The molecule has 17 heavy (non-hydrogen) atoms. The van der Waals surface area contributed by atoms with E-state index in [2.05, 4.69) is 24.1 Å². The van der Waals surface area contributed by atoms with E-state index in [4.69, 9.17) is 0 Å². The van der Waals surface area contributed by atoms with Crippen molar-refractivity contribution in [2.75, 3.05) is 26.2 Å². The van der Waals surface area contributed by atoms with Crippen LogP contribution >= 0.6 is 0 Å². The van der Waals surface area contributed by atoms with Gasteiger partial charge in [-0.25, -0.2) is 0 Å². The van der Waals surface area contributed by atoms with Gasteiger partial charge in [-0.1, -0.05) is 13.8 Å². The third-order valence-electron chi connectivity index (χ3n) is 4.53. The molecule has 2 aliphatic heterocycles. The first-order valence-electron chi connectivity index (χ1n) is 7.12. The van der Waals surface area contributed by atoms with E-state index >= 15 is 0 Å². The molecule has 3 heteroatoms. The second-order valence-corrected chi connectivity index (χ2v) is 6.14. The number of carbonyl (C=O) groups excluding carboxylic acids is 1. The molecule has 0 aliphatic carbocycles. The molecule has 0 spiro atoms. The van der Waals surface area contributed by atoms with E-state index in [1.54, 1.807) is 0 Å². The van der Waals surface area contributed by atoms with Crippen LogP contribution in [0.1, 0.15) is 46.0 Å². The Kier molecular flexibility index (Phi) is 4.08. The minimum atomic E-state index is -0.0984. The van der Waals surface area contributed by atoms with Crippen LogP contribution in [0.15, 0.2) is 0 Å². The van der Waals surface area contributed by atoms with Crippen LogP contribution in [0.5, 0.6) is 0 Å². The monoisotopic (exact) mass is 238 g/mol. The van der Waals surface area contributed by atoms with E-state index in [-0.39, 0.29) is 5.41 Å². The number of rotatable bonds is 1. The van der Waals surface area contributed by atoms with Crippen molar-refractivity contribution in [3.8, 4) is 0 Å². The smallest absolute Gasteiger partial charge is 0.228 e. The van der Waals surface area contributed by atoms with E-state index in [1.807, 2.05) is 0 Å². The first-order valence-corrected chi connectivity index (χ1v) is 7.12. The van der Waals surface area contributed by atoms with Crippen molar-refractivity contribution >= 4 is 5.91 Å². The average Bonchev–Trinajstić information content (AvgIpc) is 2.54. The molecule has 0 aromatic rings. The lowest BCUT2D eigenvalue weighted by molar-refractivity contribution is -0.142. The van der Waals surface area contributed by atoms with Gasteiger partial charge in [0.1, 0.15) is 0 Å². The summed E-state index contributed by atoms with van der Waals surface area (Å²) < 4.78 is 0. The number of likely N-dealkylation sites (tertiary alicyclic amines) is 1. The number of nitrogens with one attached hydrogen (secondary N) is 1. The van der Waals surface area contributed by atoms with Crippen LogP contribution in [0.4, 0.5) is 0 Å². The fourth-order valence-electron chi connectivity index (χ4n) is 3.04. The molecule has 2 aliphatic rings. The van der Waals surface area contributed by atoms with Crippen LogP contribution in [0.25, 0.3) is 0 Å². The molecule has 0 aromatic carbocycles. The van der Waals surface area contributed by atoms with Gasteiger partial charge in [-0.2, -0.15) is 0 Å². The quantitative estimate of drug-likeness (QED) is 0.758. The fraction of sp³-hybridized carbons (Fsp3) is 0.929. The number of amides is 1. The van der Waals surface area contributed by atoms with E-state index in [0.29, 0.717) is 5.91 Å². The zero-order valence-corrected chi connectivity index (χ0v) is 11.3. The summed E-state index contributed by atoms with van der Waals surface area (Å²) in [6.45, 7) is 8.40. The molecule has 1 N–H and O–H groups in total. The van der Waals surface area contributed by atoms with E-state index < -0.39 is 0 Å². The van der Waals surface area contributed by atoms with Crippen molar-refractivity contribution in [3.63, 3.8) is 0 Å². The Balaban J connectivity index is 1.98. The summed E-state index contributed by atoms with van der Waals surface area (Å²) in [7, 11) is 0. The van der Waals surface area contributed by atoms with Crippen LogP contribution in [-0.2, 0) is 4.79 Å². The summed E-state index contributed by atoms with van der Waals surface area (Å²) >= 11 is 0. The van der Waals surface area contributed by atoms with Gasteiger partial charge in [-0.15, -0.1) is 0 Å². The molecular formula is C14H26N2O. The van der Waals surface area contributed by atoms with Crippen LogP contribution in [0.2, 0.25) is 0 Å². The number of nitrogens with zero attached hydrogens (tertiary/aromatic N) is 1. The summed E-state index contributed by atoms with van der Waals surface area (Å²) in [6.07, 6.45) is 5.64. The van der Waals surface area contributed by atoms with Crippen LogP contribution in [0.3, 0.4) is 0 Å². The minimum absolute atomic E-state index is 0.0984. The van der Waals surface area contributed by atoms with Crippen LogP contribution < -0.4 is 5.32 Å². The molecule has 98 valence electrons. The maximum Gasteiger partial charge on any atom is 0.228 e. The predicted molar refractivity (Wildman–Crippen MR) is 69.8 cm³/mol. The van der Waals surface area contributed by atoms with Crippen molar-refractivity contribution in [1.29, 1.82) is 0 Å². The lowest BCUT2D eigenvalue weighted by Crippen LogP contribution is -2.48. The topological polar surface area (TPSA) is 32.3 Å². The Morgan fingerprint density at radius 2 is 1.94 bits per heavy atom. The summed E-state index contributed by atoms with van der Waals surface area (Å²) in [6, 6.07) is 0. The normalized spacial score (nSPS) is 29.8. The summed E-state index contributed by atoms with van der Waals surface area (Å²) in [4.78, 5) is 14.8. The number of hydrogen-bond acceptors (Lipinski definition) is 2. The molecule has 0 aromatic heterocycles. The van der Waals surface area contributed by atoms with Crippen LogP contribution in [0, 0.1) is 11.3 Å². The summed E-state index contributed by atoms with van der Waals surface area (Å²) in [5.41, 5.74) is -0.0984. The molecule has 2 fully saturated rings. The number of carbonyl (C=O) groups is 1. The van der Waals surface area contributed by atoms with Gasteiger partial charge in [0.2, 0.25) is 5.91 Å². The first kappa shape index (κ1) is 12.9. The highest BCUT2D eigenvalue weighted by molar-refractivity contribution is 5.82. The van der Waals surface area contributed by atoms with Gasteiger partial charge in [0.05, 0.1) is 0 Å². The highest BCUT2D eigenvalue weighted by Gasteiger charge is 2.37. The van der Waals surface area contributed by atoms with E-state index in [1.165, 1.54) is 19.3 Å². The molecule has 1 amide bonds. The van der Waals surface area contributed by atoms with Gasteiger partial charge in [-0.05, 0) is 51.1 Å². The highest BCUT2D eigenvalue weighted by Crippen LogP contribution is 2.31. The summed E-state index contributed by atoms with van der Waals surface area (Å²) in [5, 5.41) is 3.35. The van der Waals surface area contributed by atoms with E-state index in [0.717, 1.165) is 44.9 Å². The SMILES string of the molecule is CC1CCCN(C(=O)C2(C)CCNCC2)CC1. The first-order chi connectivity index (χ1) is 8.12. The molecular weight excluding hydrogens is 212 g/mol. The molecule has 1 unspecified atom stereocenters. The zero-order valence-electron chi connectivity index (χ0n) is 11.3. The Bertz CT molecular complexity index is 271. The Labute approximate surface area is 105 Å². The molecule has 0 radical (unpaired) electrons. The predicted octanol–water partition coefficient (Wildman–Crippen LogP) is 2.02. The Morgan fingerprint density at radius 3 is 2.65 bits per heavy atom. The third-order valence-corrected chi connectivity index (χ3v) is 4.53. The largest absolute Gasteiger partial charge is 0.342 e. The lowest BCUT2D eigenvalue weighted by Gasteiger charge is -2.37. The van der Waals surface area contributed by atoms with Crippen molar-refractivity contribution in [3.05, 3.63) is 0 Å². The molecule has 2 heterocycles. The van der Waals surface area contributed by atoms with Crippen molar-refractivity contribution in [2.24, 2.45) is 11.3 Å². The summed E-state index contributed by atoms with van der Waals surface area (Å²) in [5.74, 6) is 1.20. The molecule has 2 saturated heterocycles. The van der Waals surface area contributed by atoms with Gasteiger partial charge in [0.15, 0.2) is 0 Å². The second-order valence-electron chi connectivity index (χ2n) is 6.14. The maximum atomic E-state index is 12.6. The van der Waals surface area contributed by atoms with Gasteiger partial charge in [0.25, 0.3) is 0 Å². The highest BCUT2D eigenvalue weighted by atomic mass is 16.2. The zero-order chi connectivity index (χ0) is 12.3. The number of piperidine rings is 1. The lowest BCUT2D eigenvalue weighted by atomic mass is 9.79. The molecule has 1 atom stereocenters. The minimum Gasteiger partial charge on any atom is -0.342 e. The average molecular weight is 238 g/mol. The van der Waals surface area contributed by atoms with Crippen molar-refractivity contribution < 1.29 is 4.79 Å². The van der Waals surface area contributed by atoms with Crippen molar-refractivity contribution in [2.45, 2.75) is 46.0 Å². The molecule has 2 rings (SSSR count). The van der Waals surface area contributed by atoms with Gasteiger partial charge in [-0.3, -0.25) is 4.79 Å². The molecule has 0 bridgehead atoms. The number of hydrogen-bond donors (Lipinski definition) is 1. The van der Waals surface area contributed by atoms with Crippen molar-refractivity contribution in [1.82, 2.24) is 10.2 Å². The second kappa shape index (κ2) is 5.38. The Morgan fingerprint density at radius 1 is 1.24 bits per heavy atom.